The molecular formula is C17H26N4. The van der Waals surface area contributed by atoms with Crippen molar-refractivity contribution in [3.8, 4) is 0 Å². The molecule has 0 atom stereocenters. The SMILES string of the molecule is CCCNc1nc(NCC(CC)CC)c2ccccc2n1. The first-order valence-corrected chi connectivity index (χ1v) is 8.02. The number of benzene rings is 1. The predicted octanol–water partition coefficient (Wildman–Crippen LogP) is 4.30. The third-order valence-corrected chi connectivity index (χ3v) is 3.85. The lowest BCUT2D eigenvalue weighted by Crippen LogP contribution is -2.15. The molecule has 0 spiro atoms. The highest BCUT2D eigenvalue weighted by molar-refractivity contribution is 5.89. The molecule has 21 heavy (non-hydrogen) atoms. The van der Waals surface area contributed by atoms with Gasteiger partial charge >= 0.3 is 0 Å². The van der Waals surface area contributed by atoms with Crippen LogP contribution in [-0.2, 0) is 0 Å². The summed E-state index contributed by atoms with van der Waals surface area (Å²) in [6.07, 6.45) is 3.44. The highest BCUT2D eigenvalue weighted by Gasteiger charge is 2.09. The molecule has 2 rings (SSSR count). The van der Waals surface area contributed by atoms with Crippen LogP contribution in [0, 0.1) is 5.92 Å². The molecule has 1 heterocycles. The smallest absolute Gasteiger partial charge is 0.225 e. The Balaban J connectivity index is 2.26. The number of fused-ring (bicyclic) bond motifs is 1. The van der Waals surface area contributed by atoms with Gasteiger partial charge < -0.3 is 10.6 Å². The summed E-state index contributed by atoms with van der Waals surface area (Å²) < 4.78 is 0. The van der Waals surface area contributed by atoms with Gasteiger partial charge in [-0.25, -0.2) is 4.98 Å². The average molecular weight is 286 g/mol. The Kier molecular flexibility index (Phi) is 5.78. The normalized spacial score (nSPS) is 11.0. The van der Waals surface area contributed by atoms with Gasteiger partial charge in [0.1, 0.15) is 5.82 Å². The van der Waals surface area contributed by atoms with Gasteiger partial charge in [-0.2, -0.15) is 4.98 Å². The van der Waals surface area contributed by atoms with Crippen LogP contribution in [0.4, 0.5) is 11.8 Å². The lowest BCUT2D eigenvalue weighted by molar-refractivity contribution is 0.518. The second-order valence-corrected chi connectivity index (χ2v) is 5.40. The first-order valence-electron chi connectivity index (χ1n) is 8.02. The van der Waals surface area contributed by atoms with Gasteiger partial charge in [0, 0.05) is 18.5 Å². The van der Waals surface area contributed by atoms with Gasteiger partial charge in [0.05, 0.1) is 5.52 Å². The van der Waals surface area contributed by atoms with Crippen molar-refractivity contribution in [3.05, 3.63) is 24.3 Å². The minimum absolute atomic E-state index is 0.686. The van der Waals surface area contributed by atoms with E-state index in [2.05, 4.69) is 47.4 Å². The summed E-state index contributed by atoms with van der Waals surface area (Å²) in [7, 11) is 0. The highest BCUT2D eigenvalue weighted by Crippen LogP contribution is 2.22. The van der Waals surface area contributed by atoms with E-state index in [9.17, 15) is 0 Å². The second kappa shape index (κ2) is 7.81. The first kappa shape index (κ1) is 15.5. The Morgan fingerprint density at radius 2 is 1.76 bits per heavy atom. The van der Waals surface area contributed by atoms with Crippen LogP contribution in [0.2, 0.25) is 0 Å². The van der Waals surface area contributed by atoms with Crippen molar-refractivity contribution in [1.29, 1.82) is 0 Å². The maximum Gasteiger partial charge on any atom is 0.225 e. The van der Waals surface area contributed by atoms with Gasteiger partial charge in [-0.1, -0.05) is 45.7 Å². The molecule has 1 aromatic carbocycles. The molecule has 0 amide bonds. The Morgan fingerprint density at radius 3 is 2.48 bits per heavy atom. The van der Waals surface area contributed by atoms with Crippen molar-refractivity contribution < 1.29 is 0 Å². The molecule has 114 valence electrons. The molecule has 0 aliphatic heterocycles. The van der Waals surface area contributed by atoms with E-state index in [1.165, 1.54) is 12.8 Å². The zero-order chi connectivity index (χ0) is 15.1. The minimum atomic E-state index is 0.686. The van der Waals surface area contributed by atoms with Crippen molar-refractivity contribution in [1.82, 2.24) is 9.97 Å². The summed E-state index contributed by atoms with van der Waals surface area (Å²) in [6.45, 7) is 8.47. The molecule has 1 aromatic heterocycles. The van der Waals surface area contributed by atoms with Crippen LogP contribution < -0.4 is 10.6 Å². The lowest BCUT2D eigenvalue weighted by Gasteiger charge is -2.16. The quantitative estimate of drug-likeness (QED) is 0.759. The van der Waals surface area contributed by atoms with Crippen LogP contribution in [0.3, 0.4) is 0 Å². The fourth-order valence-corrected chi connectivity index (χ4v) is 2.35. The van der Waals surface area contributed by atoms with Crippen molar-refractivity contribution in [3.63, 3.8) is 0 Å². The monoisotopic (exact) mass is 286 g/mol. The van der Waals surface area contributed by atoms with Gasteiger partial charge in [-0.15, -0.1) is 0 Å². The third kappa shape index (κ3) is 4.06. The van der Waals surface area contributed by atoms with E-state index < -0.39 is 0 Å². The number of para-hydroxylation sites is 1. The number of aromatic nitrogens is 2. The number of nitrogens with zero attached hydrogens (tertiary/aromatic N) is 2. The Morgan fingerprint density at radius 1 is 1.00 bits per heavy atom. The number of nitrogens with one attached hydrogen (secondary N) is 2. The summed E-state index contributed by atoms with van der Waals surface area (Å²) >= 11 is 0. The van der Waals surface area contributed by atoms with Gasteiger partial charge in [0.15, 0.2) is 0 Å². The van der Waals surface area contributed by atoms with Crippen molar-refractivity contribution in [2.24, 2.45) is 5.92 Å². The lowest BCUT2D eigenvalue weighted by atomic mass is 10.0. The van der Waals surface area contributed by atoms with E-state index >= 15 is 0 Å². The fraction of sp³-hybridized carbons (Fsp3) is 0.529. The summed E-state index contributed by atoms with van der Waals surface area (Å²) in [5.41, 5.74) is 0.984. The zero-order valence-electron chi connectivity index (χ0n) is 13.3. The van der Waals surface area contributed by atoms with E-state index in [-0.39, 0.29) is 0 Å². The maximum atomic E-state index is 4.65. The van der Waals surface area contributed by atoms with Crippen LogP contribution in [0.1, 0.15) is 40.0 Å². The second-order valence-electron chi connectivity index (χ2n) is 5.40. The van der Waals surface area contributed by atoms with Crippen LogP contribution in [0.5, 0.6) is 0 Å². The van der Waals surface area contributed by atoms with E-state index in [1.807, 2.05) is 18.2 Å². The molecule has 2 N–H and O–H groups in total. The first-order chi connectivity index (χ1) is 10.3. The van der Waals surface area contributed by atoms with Gasteiger partial charge in [-0.05, 0) is 24.5 Å². The van der Waals surface area contributed by atoms with Gasteiger partial charge in [-0.3, -0.25) is 0 Å². The Bertz CT molecular complexity index is 564. The molecule has 0 aliphatic rings. The molecule has 4 heteroatoms. The topological polar surface area (TPSA) is 49.8 Å². The molecule has 0 fully saturated rings. The van der Waals surface area contributed by atoms with Crippen molar-refractivity contribution in [2.75, 3.05) is 23.7 Å². The summed E-state index contributed by atoms with van der Waals surface area (Å²) in [5.74, 6) is 2.33. The molecule has 0 radical (unpaired) electrons. The highest BCUT2D eigenvalue weighted by atomic mass is 15.1. The molecule has 0 unspecified atom stereocenters. The van der Waals surface area contributed by atoms with Crippen molar-refractivity contribution in [2.45, 2.75) is 40.0 Å². The molecule has 0 aliphatic carbocycles. The molecule has 0 bridgehead atoms. The van der Waals surface area contributed by atoms with Gasteiger partial charge in [0.2, 0.25) is 5.95 Å². The predicted molar refractivity (Wildman–Crippen MR) is 90.9 cm³/mol. The van der Waals surface area contributed by atoms with Crippen LogP contribution in [-0.4, -0.2) is 23.1 Å². The van der Waals surface area contributed by atoms with Gasteiger partial charge in [0.25, 0.3) is 0 Å². The summed E-state index contributed by atoms with van der Waals surface area (Å²) in [4.78, 5) is 9.22. The fourth-order valence-electron chi connectivity index (χ4n) is 2.35. The standard InChI is InChI=1S/C17H26N4/c1-4-11-18-17-20-15-10-8-7-9-14(15)16(21-17)19-12-13(5-2)6-3/h7-10,13H,4-6,11-12H2,1-3H3,(H2,18,19,20,21). The number of hydrogen-bond donors (Lipinski definition) is 2. The average Bonchev–Trinajstić information content (AvgIpc) is 2.53. The van der Waals surface area contributed by atoms with Crippen LogP contribution in [0.25, 0.3) is 10.9 Å². The van der Waals surface area contributed by atoms with E-state index in [1.54, 1.807) is 0 Å². The maximum absolute atomic E-state index is 4.65. The largest absolute Gasteiger partial charge is 0.369 e. The minimum Gasteiger partial charge on any atom is -0.369 e. The molecular weight excluding hydrogens is 260 g/mol. The molecule has 4 nitrogen and oxygen atoms in total. The molecule has 0 saturated carbocycles. The third-order valence-electron chi connectivity index (χ3n) is 3.85. The number of hydrogen-bond acceptors (Lipinski definition) is 4. The zero-order valence-corrected chi connectivity index (χ0v) is 13.3. The number of rotatable bonds is 8. The number of anilines is 2. The summed E-state index contributed by atoms with van der Waals surface area (Å²) in [5, 5.41) is 7.88. The Labute approximate surface area is 127 Å². The van der Waals surface area contributed by atoms with Crippen molar-refractivity contribution >= 4 is 22.7 Å². The van der Waals surface area contributed by atoms with Crippen LogP contribution >= 0.6 is 0 Å². The molecule has 2 aromatic rings. The van der Waals surface area contributed by atoms with E-state index in [4.69, 9.17) is 0 Å². The molecule has 0 saturated heterocycles. The van der Waals surface area contributed by atoms with E-state index in [0.717, 1.165) is 36.2 Å². The summed E-state index contributed by atoms with van der Waals surface area (Å²) in [6, 6.07) is 8.17. The Hall–Kier alpha value is -1.84. The van der Waals surface area contributed by atoms with E-state index in [0.29, 0.717) is 11.9 Å². The van der Waals surface area contributed by atoms with Crippen LogP contribution in [0.15, 0.2) is 24.3 Å².